The van der Waals surface area contributed by atoms with Crippen LogP contribution in [0.15, 0.2) is 424 Å². The van der Waals surface area contributed by atoms with E-state index in [4.69, 9.17) is 66.9 Å². The molecule has 22 rings (SSSR count). The van der Waals surface area contributed by atoms with E-state index in [1.165, 1.54) is 6.07 Å². The van der Waals surface area contributed by atoms with Gasteiger partial charge in [-0.3, -0.25) is 18.3 Å². The first-order chi connectivity index (χ1) is 74.8. The zero-order valence-electron chi connectivity index (χ0n) is 102. The average molecular weight is 1540 g/mol. The lowest BCUT2D eigenvalue weighted by molar-refractivity contribution is 0.892. The third-order valence-corrected chi connectivity index (χ3v) is 28.7. The largest absolute Gasteiger partial charge is 0.278 e. The van der Waals surface area contributed by atoms with E-state index in [-0.39, 0.29) is 37.1 Å². The predicted molar refractivity (Wildman–Crippen MR) is 475 cm³/mol. The summed E-state index contributed by atoms with van der Waals surface area (Å²) < 4.78 is 405. The minimum atomic E-state index is -4.63. The van der Waals surface area contributed by atoms with Crippen LogP contribution in [0.25, 0.3) is 134 Å². The molecule has 0 saturated carbocycles. The molecule has 0 spiro atoms. The summed E-state index contributed by atoms with van der Waals surface area (Å²) in [7, 11) is -8.61. The Kier molecular flexibility index (Phi) is 8.89. The summed E-state index contributed by atoms with van der Waals surface area (Å²) in [6.07, 6.45) is 0. The normalized spacial score (nSPS) is 17.3. The molecule has 12 heteroatoms. The van der Waals surface area contributed by atoms with Crippen LogP contribution in [0.2, 0.25) is 0 Å². The lowest BCUT2D eigenvalue weighted by Gasteiger charge is -2.34. The van der Waals surface area contributed by atoms with Gasteiger partial charge in [-0.1, -0.05) is 375 Å². The lowest BCUT2D eigenvalue weighted by atomic mass is 10.2. The van der Waals surface area contributed by atoms with Gasteiger partial charge in [-0.15, -0.1) is 0 Å². The third-order valence-electron chi connectivity index (χ3n) is 19.6. The standard InChI is InChI=1S/2C51H35N5Si/c2*1-4-20-37(21-5-1)57(38-22-6-2-7-23-38,39-24-8-3-9-25-39)40-26-18-19-36(35-40)49-52-50(55-45-31-14-10-27-41(45)42-28-11-15-32-46(42)55)54-51(53-49)56-47-33-16-12-29-43(47)44-30-13-17-34-48(44)56/h2*1-35H/i1D,4D,5D,10D,11D,12D,13D,14D,15D,16D,17D,18D,19D,20D,26D,27D,28D,29D,30D,31D,32D,33D,34D,35D;10D,11D,12D,13D,14D,15D,16D,17D,18D,19D,26D,27D,28D,29D,30D,31D,32D,33D,34D,35D. The third kappa shape index (κ3) is 11.1. The van der Waals surface area contributed by atoms with Crippen LogP contribution < -0.4 is 41.5 Å². The molecular weight excluding hydrogens is 1420 g/mol. The summed E-state index contributed by atoms with van der Waals surface area (Å²) in [5.41, 5.74) is -5.30. The molecule has 0 aliphatic heterocycles. The van der Waals surface area contributed by atoms with Crippen LogP contribution in [-0.2, 0) is 0 Å². The number of hydrogen-bond donors (Lipinski definition) is 0. The number of hydrogen-bond acceptors (Lipinski definition) is 6. The summed E-state index contributed by atoms with van der Waals surface area (Å²) in [5.74, 6) is -4.58. The second-order valence-electron chi connectivity index (χ2n) is 25.6. The van der Waals surface area contributed by atoms with Crippen LogP contribution in [0.4, 0.5) is 0 Å². The molecule has 0 saturated heterocycles. The van der Waals surface area contributed by atoms with Crippen molar-refractivity contribution in [2.75, 3.05) is 0 Å². The molecule has 0 radical (unpaired) electrons. The topological polar surface area (TPSA) is 97.1 Å². The monoisotopic (exact) mass is 1530 g/mol. The van der Waals surface area contributed by atoms with Gasteiger partial charge in [-0.25, -0.2) is 0 Å². The molecule has 16 aromatic carbocycles. The molecule has 0 bridgehead atoms. The maximum atomic E-state index is 10.5. The molecule has 0 aliphatic rings. The summed E-state index contributed by atoms with van der Waals surface area (Å²) in [4.78, 5) is 28.5. The average Bonchev–Trinajstić information content (AvgIpc) is 1.31. The molecule has 536 valence electrons. The Balaban J connectivity index is 0.000000183. The van der Waals surface area contributed by atoms with Gasteiger partial charge in [-0.2, -0.15) is 29.9 Å². The van der Waals surface area contributed by atoms with E-state index < -0.39 is 394 Å². The quantitative estimate of drug-likeness (QED) is 0.0795. The highest BCUT2D eigenvalue weighted by molar-refractivity contribution is 7.20. The van der Waals surface area contributed by atoms with Gasteiger partial charge in [0.25, 0.3) is 0 Å². The van der Waals surface area contributed by atoms with Crippen LogP contribution >= 0.6 is 0 Å². The Labute approximate surface area is 721 Å². The van der Waals surface area contributed by atoms with Crippen molar-refractivity contribution in [2.45, 2.75) is 0 Å². The SMILES string of the molecule is [2H]c1c([2H])c(-c2nc(-n3c4c([2H])c([2H])c([2H])c([2H])c4c4c([2H])c([2H])c([2H])c([2H])c43)nc(-n3c4c([2H])c([2H])c([2H])c([2H])c4c4c([2H])c([2H])c([2H])c([2H])c43)n2)c([2H])c([Si](c2ccccc2)(c2ccccc2)c2ccccc2)c1[2H].[2H]c1cc([Si](c2ccccc2)(c2ccccc2)c2c([2H])c([2H])c([2H])c(-c3nc(-n4c5c([2H])c([2H])c([2H])c([2H])c5c5c([2H])c([2H])c([2H])c([2H])c54)nc(-n4c5c([2H])c([2H])c([2H])c([2H])c5c5c([2H])c([2H])c([2H])c([2H])c54)n3)c2[2H])c([2H])c([2H])c1[2H]. The zero-order valence-corrected chi connectivity index (χ0v) is 60.5. The van der Waals surface area contributed by atoms with Crippen LogP contribution in [0.5, 0.6) is 0 Å². The van der Waals surface area contributed by atoms with Gasteiger partial charge in [-0.05, 0) is 89.8 Å². The molecule has 0 aliphatic carbocycles. The first-order valence-corrected chi connectivity index (χ1v) is 39.0. The van der Waals surface area contributed by atoms with E-state index in [0.717, 1.165) is 18.3 Å². The van der Waals surface area contributed by atoms with Gasteiger partial charge >= 0.3 is 0 Å². The maximum Gasteiger partial charge on any atom is 0.240 e. The minimum absolute atomic E-state index is 0.000742. The van der Waals surface area contributed by atoms with Crippen molar-refractivity contribution in [1.29, 1.82) is 0 Å². The molecule has 0 amide bonds. The first-order valence-electron chi connectivity index (χ1n) is 57.0. The molecular formula is C102H70N10Si2. The molecule has 22 aromatic rings. The lowest BCUT2D eigenvalue weighted by Crippen LogP contribution is -2.74. The zero-order chi connectivity index (χ0) is 114. The van der Waals surface area contributed by atoms with Gasteiger partial charge in [0.15, 0.2) is 27.8 Å². The van der Waals surface area contributed by atoms with Gasteiger partial charge in [0.1, 0.15) is 0 Å². The van der Waals surface area contributed by atoms with Gasteiger partial charge < -0.3 is 0 Å². The van der Waals surface area contributed by atoms with Crippen molar-refractivity contribution >= 4 is 145 Å². The molecule has 6 aromatic heterocycles. The summed E-state index contributed by atoms with van der Waals surface area (Å²) in [6.45, 7) is 0. The van der Waals surface area contributed by atoms with Crippen molar-refractivity contribution in [2.24, 2.45) is 0 Å². The van der Waals surface area contributed by atoms with E-state index >= 15 is 0 Å². The molecule has 0 fully saturated rings. The number of aromatic nitrogens is 10. The second kappa shape index (κ2) is 28.2. The van der Waals surface area contributed by atoms with Crippen LogP contribution in [0.1, 0.15) is 60.3 Å². The molecule has 6 heterocycles. The van der Waals surface area contributed by atoms with E-state index in [1.807, 2.05) is 36.4 Å². The van der Waals surface area contributed by atoms with Crippen molar-refractivity contribution in [3.05, 3.63) is 424 Å². The van der Waals surface area contributed by atoms with Crippen LogP contribution in [0, 0.1) is 0 Å². The maximum absolute atomic E-state index is 10.5. The smallest absolute Gasteiger partial charge is 0.240 e. The fourth-order valence-corrected chi connectivity index (χ4v) is 23.7. The van der Waals surface area contributed by atoms with Crippen LogP contribution in [-0.4, -0.2) is 64.3 Å². The van der Waals surface area contributed by atoms with Gasteiger partial charge in [0.05, 0.1) is 104 Å². The van der Waals surface area contributed by atoms with Gasteiger partial charge in [0.2, 0.25) is 23.8 Å². The Morgan fingerprint density at radius 2 is 0.404 bits per heavy atom. The fraction of sp³-hybridized carbons (Fsp3) is 0. The van der Waals surface area contributed by atoms with Crippen molar-refractivity contribution in [3.63, 3.8) is 0 Å². The van der Waals surface area contributed by atoms with E-state index in [0.29, 0.717) is 25.9 Å². The highest BCUT2D eigenvalue weighted by atomic mass is 28.3. The highest BCUT2D eigenvalue weighted by Crippen LogP contribution is 2.38. The first kappa shape index (κ1) is 35.9. The van der Waals surface area contributed by atoms with E-state index in [2.05, 4.69) is 0 Å². The highest BCUT2D eigenvalue weighted by Gasteiger charge is 2.43. The van der Waals surface area contributed by atoms with Crippen molar-refractivity contribution in [3.8, 4) is 46.6 Å². The van der Waals surface area contributed by atoms with Crippen molar-refractivity contribution in [1.82, 2.24) is 48.2 Å². The number of benzene rings is 16. The van der Waals surface area contributed by atoms with Gasteiger partial charge in [0, 0.05) is 54.2 Å². The Morgan fingerprint density at radius 3 is 0.658 bits per heavy atom. The summed E-state index contributed by atoms with van der Waals surface area (Å²) in [5, 5.41) is -1.06. The molecule has 0 atom stereocenters. The molecule has 0 N–H and O–H groups in total. The second-order valence-corrected chi connectivity index (χ2v) is 33.0. The predicted octanol–water partition coefficient (Wildman–Crippen LogP) is 18.2. The Hall–Kier alpha value is -14.8. The van der Waals surface area contributed by atoms with E-state index in [1.54, 1.807) is 115 Å². The number of fused-ring (bicyclic) bond motifs is 12. The molecule has 0 unspecified atom stereocenters. The Morgan fingerprint density at radius 1 is 0.184 bits per heavy atom. The number of rotatable bonds is 14. The number of nitrogens with zero attached hydrogens (tertiary/aromatic N) is 10. The summed E-state index contributed by atoms with van der Waals surface area (Å²) in [6, 6.07) is 11.7. The molecule has 10 nitrogen and oxygen atoms in total. The molecule has 114 heavy (non-hydrogen) atoms. The van der Waals surface area contributed by atoms with Crippen LogP contribution in [0.3, 0.4) is 0 Å². The minimum Gasteiger partial charge on any atom is -0.278 e. The van der Waals surface area contributed by atoms with E-state index in [9.17, 15) is 23.3 Å². The van der Waals surface area contributed by atoms with Crippen molar-refractivity contribution < 1.29 is 60.3 Å². The fourth-order valence-electron chi connectivity index (χ4n) is 14.9. The number of para-hydroxylation sites is 8. The Bertz CT molecular complexity index is 9390. The summed E-state index contributed by atoms with van der Waals surface area (Å²) >= 11 is 0.